The average molecular weight is 231 g/mol. The highest BCUT2D eigenvalue weighted by molar-refractivity contribution is 5.92. The second-order valence-electron chi connectivity index (χ2n) is 3.63. The molecule has 0 aromatic carbocycles. The van der Waals surface area contributed by atoms with Crippen molar-refractivity contribution < 1.29 is 4.79 Å². The highest BCUT2D eigenvalue weighted by Crippen LogP contribution is 1.98. The van der Waals surface area contributed by atoms with E-state index < -0.39 is 0 Å². The summed E-state index contributed by atoms with van der Waals surface area (Å²) < 4.78 is 0. The van der Waals surface area contributed by atoms with Gasteiger partial charge in [-0.15, -0.1) is 0 Å². The van der Waals surface area contributed by atoms with Crippen LogP contribution in [0, 0.1) is 6.92 Å². The van der Waals surface area contributed by atoms with Crippen LogP contribution in [-0.4, -0.2) is 32.8 Å². The normalized spacial score (nSPS) is 10.2. The van der Waals surface area contributed by atoms with Gasteiger partial charge in [0.2, 0.25) is 0 Å². The van der Waals surface area contributed by atoms with Gasteiger partial charge in [0.25, 0.3) is 5.91 Å². The number of carbonyl (C=O) groups excluding carboxylic acids is 1. The maximum absolute atomic E-state index is 11.7. The molecule has 0 saturated carbocycles. The third kappa shape index (κ3) is 3.10. The molecule has 6 heteroatoms. The van der Waals surface area contributed by atoms with Crippen LogP contribution in [0.2, 0.25) is 0 Å². The van der Waals surface area contributed by atoms with Gasteiger partial charge in [0.1, 0.15) is 5.69 Å². The van der Waals surface area contributed by atoms with Gasteiger partial charge in [-0.3, -0.25) is 4.79 Å². The minimum Gasteiger partial charge on any atom is -0.350 e. The summed E-state index contributed by atoms with van der Waals surface area (Å²) in [6.45, 7) is 2.37. The molecule has 0 saturated heterocycles. The van der Waals surface area contributed by atoms with Gasteiger partial charge in [-0.25, -0.2) is 4.98 Å². The van der Waals surface area contributed by atoms with E-state index in [-0.39, 0.29) is 5.91 Å². The number of hydrogen-bond donors (Lipinski definition) is 2. The molecular weight excluding hydrogens is 218 g/mol. The summed E-state index contributed by atoms with van der Waals surface area (Å²) in [5.41, 5.74) is 2.09. The first-order valence-corrected chi connectivity index (χ1v) is 5.32. The Morgan fingerprint density at radius 1 is 1.47 bits per heavy atom. The summed E-state index contributed by atoms with van der Waals surface area (Å²) in [6, 6.07) is 5.36. The molecule has 2 aromatic rings. The molecule has 0 aliphatic carbocycles. The van der Waals surface area contributed by atoms with E-state index >= 15 is 0 Å². The molecule has 0 aliphatic heterocycles. The Kier molecular flexibility index (Phi) is 3.44. The highest BCUT2D eigenvalue weighted by atomic mass is 16.1. The number of amides is 1. The van der Waals surface area contributed by atoms with Crippen LogP contribution in [-0.2, 0) is 6.42 Å². The van der Waals surface area contributed by atoms with Crippen LogP contribution < -0.4 is 5.32 Å². The van der Waals surface area contributed by atoms with E-state index in [9.17, 15) is 4.79 Å². The number of hydrogen-bond acceptors (Lipinski definition) is 4. The summed E-state index contributed by atoms with van der Waals surface area (Å²) in [7, 11) is 0. The summed E-state index contributed by atoms with van der Waals surface area (Å²) >= 11 is 0. The van der Waals surface area contributed by atoms with Gasteiger partial charge in [0.15, 0.2) is 0 Å². The standard InChI is InChI=1S/C11H13N5O/c1-8-3-2-4-10(14-8)11(17)12-6-5-9-7-13-16-15-9/h2-4,7H,5-6H2,1H3,(H,12,17)(H,13,15,16). The SMILES string of the molecule is Cc1cccc(C(=O)NCCc2cn[nH]n2)n1. The smallest absolute Gasteiger partial charge is 0.269 e. The van der Waals surface area contributed by atoms with Crippen molar-refractivity contribution in [2.45, 2.75) is 13.3 Å². The molecule has 0 spiro atoms. The maximum Gasteiger partial charge on any atom is 0.269 e. The van der Waals surface area contributed by atoms with Gasteiger partial charge < -0.3 is 5.32 Å². The van der Waals surface area contributed by atoms with E-state index in [2.05, 4.69) is 25.7 Å². The van der Waals surface area contributed by atoms with Gasteiger partial charge in [-0.2, -0.15) is 15.4 Å². The van der Waals surface area contributed by atoms with E-state index in [1.165, 1.54) is 0 Å². The van der Waals surface area contributed by atoms with Gasteiger partial charge in [0.05, 0.1) is 11.9 Å². The Bertz CT molecular complexity index is 494. The molecule has 0 fully saturated rings. The lowest BCUT2D eigenvalue weighted by atomic mass is 10.3. The van der Waals surface area contributed by atoms with Crippen molar-refractivity contribution in [3.8, 4) is 0 Å². The molecule has 17 heavy (non-hydrogen) atoms. The Morgan fingerprint density at radius 3 is 3.06 bits per heavy atom. The third-order valence-corrected chi connectivity index (χ3v) is 2.25. The largest absolute Gasteiger partial charge is 0.350 e. The fraction of sp³-hybridized carbons (Fsp3) is 0.273. The van der Waals surface area contributed by atoms with Crippen LogP contribution in [0.1, 0.15) is 21.9 Å². The topological polar surface area (TPSA) is 83.6 Å². The van der Waals surface area contributed by atoms with Gasteiger partial charge in [-0.1, -0.05) is 6.07 Å². The minimum absolute atomic E-state index is 0.169. The molecule has 0 bridgehead atoms. The van der Waals surface area contributed by atoms with Gasteiger partial charge in [-0.05, 0) is 19.1 Å². The number of aryl methyl sites for hydroxylation is 1. The van der Waals surface area contributed by atoms with E-state index in [4.69, 9.17) is 0 Å². The van der Waals surface area contributed by atoms with Gasteiger partial charge in [0, 0.05) is 18.7 Å². The molecule has 88 valence electrons. The molecule has 2 aromatic heterocycles. The van der Waals surface area contributed by atoms with Crippen molar-refractivity contribution in [3.63, 3.8) is 0 Å². The number of H-pyrrole nitrogens is 1. The molecule has 2 N–H and O–H groups in total. The molecule has 0 aliphatic rings. The zero-order valence-electron chi connectivity index (χ0n) is 9.47. The number of rotatable bonds is 4. The van der Waals surface area contributed by atoms with Gasteiger partial charge >= 0.3 is 0 Å². The van der Waals surface area contributed by atoms with E-state index in [1.54, 1.807) is 12.3 Å². The quantitative estimate of drug-likeness (QED) is 0.801. The van der Waals surface area contributed by atoms with Crippen molar-refractivity contribution in [2.75, 3.05) is 6.54 Å². The first kappa shape index (κ1) is 11.3. The number of aromatic nitrogens is 4. The molecule has 0 unspecified atom stereocenters. The lowest BCUT2D eigenvalue weighted by molar-refractivity contribution is 0.0949. The predicted octanol–water partition coefficient (Wildman–Crippen LogP) is 0.481. The second kappa shape index (κ2) is 5.20. The molecule has 6 nitrogen and oxygen atoms in total. The van der Waals surface area contributed by atoms with Crippen LogP contribution >= 0.6 is 0 Å². The predicted molar refractivity (Wildman–Crippen MR) is 61.4 cm³/mol. The minimum atomic E-state index is -0.169. The second-order valence-corrected chi connectivity index (χ2v) is 3.63. The number of aromatic amines is 1. The fourth-order valence-electron chi connectivity index (χ4n) is 1.41. The van der Waals surface area contributed by atoms with E-state index in [0.717, 1.165) is 11.4 Å². The molecule has 0 radical (unpaired) electrons. The molecule has 1 amide bonds. The summed E-state index contributed by atoms with van der Waals surface area (Å²) in [4.78, 5) is 15.9. The van der Waals surface area contributed by atoms with Crippen LogP contribution in [0.25, 0.3) is 0 Å². The monoisotopic (exact) mass is 231 g/mol. The molecule has 0 atom stereocenters. The molecule has 2 heterocycles. The Labute approximate surface area is 98.5 Å². The van der Waals surface area contributed by atoms with Crippen molar-refractivity contribution in [2.24, 2.45) is 0 Å². The maximum atomic E-state index is 11.7. The van der Waals surface area contributed by atoms with Crippen molar-refractivity contribution in [3.05, 3.63) is 41.5 Å². The van der Waals surface area contributed by atoms with Crippen LogP contribution in [0.15, 0.2) is 24.4 Å². The molecular formula is C11H13N5O. The summed E-state index contributed by atoms with van der Waals surface area (Å²) in [5.74, 6) is -0.169. The van der Waals surface area contributed by atoms with E-state index in [1.807, 2.05) is 19.1 Å². The zero-order chi connectivity index (χ0) is 12.1. The first-order chi connectivity index (χ1) is 8.25. The Morgan fingerprint density at radius 2 is 2.35 bits per heavy atom. The van der Waals surface area contributed by atoms with Crippen LogP contribution in [0.3, 0.4) is 0 Å². The first-order valence-electron chi connectivity index (χ1n) is 5.32. The average Bonchev–Trinajstić information content (AvgIpc) is 2.82. The zero-order valence-corrected chi connectivity index (χ0v) is 9.47. The van der Waals surface area contributed by atoms with Crippen molar-refractivity contribution >= 4 is 5.91 Å². The summed E-state index contributed by atoms with van der Waals surface area (Å²) in [6.07, 6.45) is 2.28. The van der Waals surface area contributed by atoms with E-state index in [0.29, 0.717) is 18.7 Å². The number of carbonyl (C=O) groups is 1. The van der Waals surface area contributed by atoms with Crippen LogP contribution in [0.4, 0.5) is 0 Å². The third-order valence-electron chi connectivity index (χ3n) is 2.25. The fourth-order valence-corrected chi connectivity index (χ4v) is 1.41. The Hall–Kier alpha value is -2.24. The highest BCUT2D eigenvalue weighted by Gasteiger charge is 2.06. The number of nitrogens with one attached hydrogen (secondary N) is 2. The molecule has 2 rings (SSSR count). The Balaban J connectivity index is 1.85. The lowest BCUT2D eigenvalue weighted by Crippen LogP contribution is -2.26. The van der Waals surface area contributed by atoms with Crippen molar-refractivity contribution in [1.82, 2.24) is 25.7 Å². The lowest BCUT2D eigenvalue weighted by Gasteiger charge is -2.03. The summed E-state index contributed by atoms with van der Waals surface area (Å²) in [5, 5.41) is 12.9. The van der Waals surface area contributed by atoms with Crippen LogP contribution in [0.5, 0.6) is 0 Å². The number of pyridine rings is 1. The number of nitrogens with zero attached hydrogens (tertiary/aromatic N) is 3. The van der Waals surface area contributed by atoms with Crippen molar-refractivity contribution in [1.29, 1.82) is 0 Å².